The third-order valence-electron chi connectivity index (χ3n) is 21.4. The van der Waals surface area contributed by atoms with Crippen LogP contribution in [0.1, 0.15) is 159 Å². The molecule has 107 heavy (non-hydrogen) atoms. The fraction of sp³-hybridized carbons (Fsp3) is 0.340. The fourth-order valence-electron chi connectivity index (χ4n) is 15.4. The first-order valence-electron chi connectivity index (χ1n) is 38.8. The molecule has 1 amide bonds. The first kappa shape index (κ1) is 78.7. The molecule has 3 aliphatic heterocycles. The van der Waals surface area contributed by atoms with E-state index in [2.05, 4.69) is 131 Å². The maximum Gasteiger partial charge on any atom is 0.316 e. The van der Waals surface area contributed by atoms with E-state index in [0.29, 0.717) is 50.3 Å². The highest BCUT2D eigenvalue weighted by atomic mass is 28.3. The van der Waals surface area contributed by atoms with E-state index < -0.39 is 13.5 Å². The zero-order valence-electron chi connectivity index (χ0n) is 63.3. The second-order valence-electron chi connectivity index (χ2n) is 30.9. The molecule has 1 saturated carbocycles. The molecule has 0 bridgehead atoms. The van der Waals surface area contributed by atoms with Gasteiger partial charge in [0.05, 0.1) is 26.7 Å². The van der Waals surface area contributed by atoms with Crippen molar-refractivity contribution >= 4 is 64.3 Å². The van der Waals surface area contributed by atoms with Crippen molar-refractivity contribution in [2.45, 2.75) is 117 Å². The van der Waals surface area contributed by atoms with E-state index in [9.17, 15) is 34.4 Å². The first-order chi connectivity index (χ1) is 51.9. The van der Waals surface area contributed by atoms with Crippen molar-refractivity contribution in [3.05, 3.63) is 292 Å². The number of phenols is 2. The quantitative estimate of drug-likeness (QED) is 0.0134. The first-order valence-corrected chi connectivity index (χ1v) is 42.0. The summed E-state index contributed by atoms with van der Waals surface area (Å²) in [6.07, 6.45) is 12.6. The molecule has 4 fully saturated rings. The van der Waals surface area contributed by atoms with Crippen molar-refractivity contribution in [1.82, 2.24) is 15.1 Å². The van der Waals surface area contributed by atoms with Crippen molar-refractivity contribution in [2.75, 3.05) is 77.2 Å². The molecule has 4 aliphatic rings. The van der Waals surface area contributed by atoms with E-state index >= 15 is 0 Å². The number of nitrogens with zero attached hydrogens (tertiary/aromatic N) is 2. The van der Waals surface area contributed by atoms with Crippen molar-refractivity contribution in [3.8, 4) is 17.2 Å². The van der Waals surface area contributed by atoms with E-state index in [1.54, 1.807) is 24.3 Å². The molecule has 9 aromatic carbocycles. The molecule has 1 aliphatic carbocycles. The summed E-state index contributed by atoms with van der Waals surface area (Å²) >= 11 is 0. The van der Waals surface area contributed by atoms with Crippen LogP contribution in [0.15, 0.2) is 237 Å². The molecule has 6 N–H and O–H groups in total. The van der Waals surface area contributed by atoms with Crippen LogP contribution in [0.5, 0.6) is 17.2 Å². The van der Waals surface area contributed by atoms with Crippen LogP contribution in [0.25, 0.3) is 33.4 Å². The Balaban J connectivity index is 0.000000160. The lowest BCUT2D eigenvalue weighted by Gasteiger charge is -2.30. The number of aliphatic hydroxyl groups excluding tert-OH is 2. The number of rotatable bonds is 26. The average molecular weight is 1450 g/mol. The number of carbonyl (C=O) groups is 2. The molecular weight excluding hydrogens is 1340 g/mol. The number of amides is 1. The minimum atomic E-state index is -1.63. The number of esters is 1. The molecule has 0 unspecified atom stereocenters. The molecule has 13 rings (SSSR count). The van der Waals surface area contributed by atoms with Gasteiger partial charge in [-0.05, 0) is 273 Å². The molecule has 0 aromatic heterocycles. The summed E-state index contributed by atoms with van der Waals surface area (Å²) in [6, 6.07) is 79.5. The zero-order valence-corrected chi connectivity index (χ0v) is 64.3. The van der Waals surface area contributed by atoms with E-state index in [4.69, 9.17) is 4.74 Å². The van der Waals surface area contributed by atoms with E-state index in [0.717, 1.165) is 111 Å². The van der Waals surface area contributed by atoms with Crippen LogP contribution in [0, 0.1) is 17.3 Å². The molecule has 13 heteroatoms. The number of halogens is 1. The fourth-order valence-corrected chi connectivity index (χ4v) is 18.0. The Hall–Kier alpha value is -9.31. The molecule has 0 spiro atoms. The van der Waals surface area contributed by atoms with Crippen LogP contribution < -0.4 is 20.6 Å². The second-order valence-corrected chi connectivity index (χ2v) is 35.6. The summed E-state index contributed by atoms with van der Waals surface area (Å²) in [7, 11) is -1.63. The largest absolute Gasteiger partial charge is 0.508 e. The average Bonchev–Trinajstić information content (AvgIpc) is 1.25. The van der Waals surface area contributed by atoms with E-state index in [1.165, 1.54) is 91.1 Å². The molecule has 3 saturated heterocycles. The van der Waals surface area contributed by atoms with Crippen molar-refractivity contribution < 1.29 is 39.1 Å². The Morgan fingerprint density at radius 1 is 0.495 bits per heavy atom. The Bertz CT molecular complexity index is 4370. The maximum atomic E-state index is 13.3. The number of aromatic hydroxyl groups is 2. The number of aliphatic hydroxyl groups is 2. The number of fused-ring (bicyclic) bond motifs is 1. The highest BCUT2D eigenvalue weighted by Gasteiger charge is 2.39. The minimum absolute atomic E-state index is 0.0156. The number of alkyl halides is 1. The zero-order chi connectivity index (χ0) is 75.1. The molecular formula is C94H109FN4O7Si. The van der Waals surface area contributed by atoms with Gasteiger partial charge in [-0.15, -0.1) is 0 Å². The van der Waals surface area contributed by atoms with Crippen LogP contribution in [0.4, 0.5) is 10.1 Å². The number of likely N-dealkylation sites (tertiary alicyclic amines) is 2. The summed E-state index contributed by atoms with van der Waals surface area (Å²) in [4.78, 5) is 29.8. The van der Waals surface area contributed by atoms with Gasteiger partial charge < -0.3 is 40.7 Å². The van der Waals surface area contributed by atoms with Gasteiger partial charge in [0.2, 0.25) is 5.91 Å². The second kappa shape index (κ2) is 38.5. The maximum absolute atomic E-state index is 13.3. The summed E-state index contributed by atoms with van der Waals surface area (Å²) < 4.78 is 18.9. The van der Waals surface area contributed by atoms with Gasteiger partial charge in [0.15, 0.2) is 0 Å². The van der Waals surface area contributed by atoms with Gasteiger partial charge in [-0.1, -0.05) is 219 Å². The smallest absolute Gasteiger partial charge is 0.316 e. The third-order valence-corrected chi connectivity index (χ3v) is 24.5. The van der Waals surface area contributed by atoms with Crippen LogP contribution >= 0.6 is 0 Å². The minimum Gasteiger partial charge on any atom is -0.508 e. The number of phenolic OH excluding ortho intramolecular Hbond substituents is 2. The molecule has 3 heterocycles. The molecule has 2 atom stereocenters. The van der Waals surface area contributed by atoms with E-state index in [-0.39, 0.29) is 43.3 Å². The topological polar surface area (TPSA) is 155 Å². The number of piperidine rings is 1. The predicted molar refractivity (Wildman–Crippen MR) is 441 cm³/mol. The van der Waals surface area contributed by atoms with Gasteiger partial charge in [0.1, 0.15) is 17.2 Å². The number of nitrogens with one attached hydrogen (secondary N) is 2. The SMILES string of the molecule is CC(C)(C)C(=O)Oc1ccc(/C(=C(\CCCF)c2ccccc2)c2ccc(C3CCC3)cc2)cc1.C[Si](C)(CN1C[C@H]2CNC[C@H]2C1)c1ccc(/C(=C(/CCCO)c2ccccc2)c2ccc(O)cc2)cc1.O=C(CN1CCCCC1)Nc1ccc(/C(=C(/CCCO)c2ccccc2)c2ccc(O)cc2)cc1. The van der Waals surface area contributed by atoms with Gasteiger partial charge in [-0.2, -0.15) is 0 Å². The number of anilines is 1. The van der Waals surface area contributed by atoms with Crippen LogP contribution in [0.3, 0.4) is 0 Å². The number of ether oxygens (including phenoxy) is 1. The number of hydrogen-bond donors (Lipinski definition) is 6. The number of hydrogen-bond acceptors (Lipinski definition) is 10. The molecule has 558 valence electrons. The summed E-state index contributed by atoms with van der Waals surface area (Å²) in [5.41, 5.74) is 18.2. The van der Waals surface area contributed by atoms with E-state index in [1.807, 2.05) is 136 Å². The molecule has 11 nitrogen and oxygen atoms in total. The van der Waals surface area contributed by atoms with Crippen LogP contribution in [-0.2, 0) is 9.59 Å². The van der Waals surface area contributed by atoms with Gasteiger partial charge in [-0.3, -0.25) is 18.9 Å². The predicted octanol–water partition coefficient (Wildman–Crippen LogP) is 18.9. The monoisotopic (exact) mass is 1450 g/mol. The number of carbonyl (C=O) groups excluding carboxylic acids is 2. The lowest BCUT2D eigenvalue weighted by Crippen LogP contribution is -2.51. The molecule has 0 radical (unpaired) electrons. The summed E-state index contributed by atoms with van der Waals surface area (Å²) in [5, 5.41) is 47.1. The standard InChI is InChI=1S/C32H35FO2.C32H40N2O2Si.C30H34N2O3/c1-32(2,3)31(34)35-28-20-18-27(19-21-28)30(26-16-14-24(15-17-26)23-11-7-12-23)29(13-8-22-33)25-9-5-4-6-10-25;1-37(2,23-34-21-27-19-33-20-28(27)22-34)30-16-12-26(13-17-30)32(25-10-14-29(36)15-11-25)31(9-6-18-35)24-7-4-3-5-8-24;33-21-7-10-28(23-8-3-1-4-9-23)30(25-13-17-27(34)18-14-25)24-11-15-26(16-12-24)31-29(35)22-32-19-5-2-6-20-32/h4-6,9-10,14-21,23H,7-8,11-13,22H2,1-3H3;3-5,7-8,10-17,27-28,33,35-36H,6,9,18-23H2,1-2H3;1,3-4,8-9,11-18,33-34H,2,5-7,10,19-22H2,(H,31,35)/b30-29+;32-31-;30-28+/t;27-,28+;. The Morgan fingerprint density at radius 3 is 1.30 bits per heavy atom. The van der Waals surface area contributed by atoms with Crippen molar-refractivity contribution in [2.24, 2.45) is 17.3 Å². The molecule has 9 aromatic rings. The van der Waals surface area contributed by atoms with Gasteiger partial charge in [0, 0.05) is 32.0 Å². The Kier molecular flexibility index (Phi) is 28.3. The summed E-state index contributed by atoms with van der Waals surface area (Å²) in [6.45, 7) is 17.7. The van der Waals surface area contributed by atoms with Gasteiger partial charge in [0.25, 0.3) is 0 Å². The number of allylic oxidation sites excluding steroid dienone is 3. The van der Waals surface area contributed by atoms with Crippen molar-refractivity contribution in [3.63, 3.8) is 0 Å². The Morgan fingerprint density at radius 2 is 0.897 bits per heavy atom. The highest BCUT2D eigenvalue weighted by molar-refractivity contribution is 6.90. The normalized spacial score (nSPS) is 16.8. The highest BCUT2D eigenvalue weighted by Crippen LogP contribution is 2.42. The van der Waals surface area contributed by atoms with Crippen LogP contribution in [-0.4, -0.2) is 122 Å². The third kappa shape index (κ3) is 21.7. The summed E-state index contributed by atoms with van der Waals surface area (Å²) in [5.74, 6) is 3.11. The lowest BCUT2D eigenvalue weighted by atomic mass is 9.79. The van der Waals surface area contributed by atoms with Crippen molar-refractivity contribution in [1.29, 1.82) is 0 Å². The lowest BCUT2D eigenvalue weighted by molar-refractivity contribution is -0.143. The Labute approximate surface area is 635 Å². The van der Waals surface area contributed by atoms with Gasteiger partial charge in [-0.25, -0.2) is 0 Å². The number of benzene rings is 9. The van der Waals surface area contributed by atoms with Gasteiger partial charge >= 0.3 is 5.97 Å². The van der Waals surface area contributed by atoms with Crippen LogP contribution in [0.2, 0.25) is 13.1 Å².